The molecule has 27 heavy (non-hydrogen) atoms. The summed E-state index contributed by atoms with van der Waals surface area (Å²) in [4.78, 5) is 14.4. The van der Waals surface area contributed by atoms with Crippen molar-refractivity contribution in [2.45, 2.75) is 77.7 Å². The summed E-state index contributed by atoms with van der Waals surface area (Å²) in [5.41, 5.74) is 3.39. The third kappa shape index (κ3) is 2.98. The quantitative estimate of drug-likeness (QED) is 0.732. The lowest BCUT2D eigenvalue weighted by atomic mass is 9.55. The molecule has 3 aliphatic rings. The van der Waals surface area contributed by atoms with E-state index in [4.69, 9.17) is 4.74 Å². The minimum Gasteiger partial charge on any atom is -0.494 e. The molecule has 3 unspecified atom stereocenters. The zero-order valence-corrected chi connectivity index (χ0v) is 17.5. The van der Waals surface area contributed by atoms with E-state index in [0.717, 1.165) is 24.2 Å². The second kappa shape index (κ2) is 7.14. The van der Waals surface area contributed by atoms with E-state index in [-0.39, 0.29) is 0 Å². The van der Waals surface area contributed by atoms with Crippen molar-refractivity contribution in [2.24, 2.45) is 17.3 Å². The van der Waals surface area contributed by atoms with Crippen LogP contribution in [0.5, 0.6) is 5.75 Å². The van der Waals surface area contributed by atoms with Crippen LogP contribution in [0.4, 0.5) is 0 Å². The second-order valence-electron chi connectivity index (χ2n) is 9.20. The van der Waals surface area contributed by atoms with Crippen molar-refractivity contribution >= 4 is 5.91 Å². The molecule has 0 bridgehead atoms. The number of carbonyl (C=O) groups excluding carboxylic acids is 1. The number of hydrogen-bond donors (Lipinski definition) is 0. The highest BCUT2D eigenvalue weighted by Gasteiger charge is 2.56. The summed E-state index contributed by atoms with van der Waals surface area (Å²) in [5.74, 6) is 3.57. The van der Waals surface area contributed by atoms with Crippen molar-refractivity contribution in [1.29, 1.82) is 0 Å². The number of amides is 1. The second-order valence-corrected chi connectivity index (χ2v) is 9.20. The van der Waals surface area contributed by atoms with Crippen LogP contribution in [0.3, 0.4) is 0 Å². The highest BCUT2D eigenvalue weighted by Crippen LogP contribution is 2.61. The fourth-order valence-corrected chi connectivity index (χ4v) is 6.85. The molecule has 3 aliphatic carbocycles. The van der Waals surface area contributed by atoms with Crippen molar-refractivity contribution in [3.63, 3.8) is 0 Å². The average Bonchev–Trinajstić information content (AvgIpc) is 3.03. The highest BCUT2D eigenvalue weighted by atomic mass is 16.5. The Bertz CT molecular complexity index is 714. The molecule has 3 heteroatoms. The number of nitrogens with zero attached hydrogens (tertiary/aromatic N) is 1. The van der Waals surface area contributed by atoms with Crippen molar-refractivity contribution in [3.8, 4) is 5.75 Å². The first kappa shape index (κ1) is 18.8. The molecule has 0 spiro atoms. The van der Waals surface area contributed by atoms with Gasteiger partial charge in [-0.2, -0.15) is 0 Å². The molecule has 4 rings (SSSR count). The normalized spacial score (nSPS) is 34.4. The average molecular weight is 370 g/mol. The van der Waals surface area contributed by atoms with Gasteiger partial charge in [-0.05, 0) is 91.9 Å². The summed E-state index contributed by atoms with van der Waals surface area (Å²) < 4.78 is 5.73. The lowest BCUT2D eigenvalue weighted by molar-refractivity contribution is -0.135. The van der Waals surface area contributed by atoms with Crippen LogP contribution < -0.4 is 4.74 Å². The molecule has 3 nitrogen and oxygen atoms in total. The van der Waals surface area contributed by atoms with Gasteiger partial charge in [0, 0.05) is 19.5 Å². The zero-order chi connectivity index (χ0) is 19.2. The van der Waals surface area contributed by atoms with Crippen LogP contribution in [0, 0.1) is 17.3 Å². The molecule has 0 N–H and O–H groups in total. The molecule has 1 aromatic rings. The van der Waals surface area contributed by atoms with Gasteiger partial charge in [-0.3, -0.25) is 4.79 Å². The molecule has 2 fully saturated rings. The van der Waals surface area contributed by atoms with Gasteiger partial charge in [0.15, 0.2) is 0 Å². The zero-order valence-electron chi connectivity index (χ0n) is 17.5. The van der Waals surface area contributed by atoms with E-state index in [9.17, 15) is 4.79 Å². The molecular weight excluding hydrogens is 334 g/mol. The minimum absolute atomic E-state index is 0.295. The summed E-state index contributed by atoms with van der Waals surface area (Å²) in [5, 5.41) is 0. The molecule has 0 radical (unpaired) electrons. The minimum atomic E-state index is 0.295. The van der Waals surface area contributed by atoms with Gasteiger partial charge in [0.1, 0.15) is 5.75 Å². The van der Waals surface area contributed by atoms with Gasteiger partial charge in [0.05, 0.1) is 6.61 Å². The SMILES string of the molecule is CCOc1ccc2c(c1)CCC1C2CC[C@@]2(C)C1CC[C@@H]2N(C)C(=O)CC. The van der Waals surface area contributed by atoms with E-state index in [1.165, 1.54) is 44.1 Å². The number of carbonyl (C=O) groups is 1. The van der Waals surface area contributed by atoms with E-state index in [0.29, 0.717) is 29.7 Å². The molecule has 148 valence electrons. The maximum atomic E-state index is 12.4. The number of hydrogen-bond acceptors (Lipinski definition) is 2. The maximum Gasteiger partial charge on any atom is 0.222 e. The van der Waals surface area contributed by atoms with Crippen LogP contribution in [-0.2, 0) is 11.2 Å². The Morgan fingerprint density at radius 3 is 2.78 bits per heavy atom. The highest BCUT2D eigenvalue weighted by molar-refractivity contribution is 5.76. The van der Waals surface area contributed by atoms with E-state index in [1.807, 2.05) is 20.9 Å². The smallest absolute Gasteiger partial charge is 0.222 e. The third-order valence-corrected chi connectivity index (χ3v) is 8.12. The summed E-state index contributed by atoms with van der Waals surface area (Å²) in [6.45, 7) is 7.25. The molecule has 5 atom stereocenters. The number of ether oxygens (including phenoxy) is 1. The fraction of sp³-hybridized carbons (Fsp3) is 0.708. The standard InChI is InChI=1S/C24H35NO2/c1-5-23(26)25(4)22-12-11-21-20-9-7-16-15-17(27-6-2)8-10-18(16)19(20)13-14-24(21,22)3/h8,10,15,19-22H,5-7,9,11-14H2,1-4H3/t19?,20?,21?,22-,24-/m0/s1. The monoisotopic (exact) mass is 369 g/mol. The Morgan fingerprint density at radius 1 is 1.22 bits per heavy atom. The van der Waals surface area contributed by atoms with Crippen LogP contribution in [0.25, 0.3) is 0 Å². The summed E-state index contributed by atoms with van der Waals surface area (Å²) in [6, 6.07) is 7.23. The first-order valence-electron chi connectivity index (χ1n) is 11.0. The predicted molar refractivity (Wildman–Crippen MR) is 109 cm³/mol. The van der Waals surface area contributed by atoms with Gasteiger partial charge in [-0.15, -0.1) is 0 Å². The molecule has 1 aromatic carbocycles. The summed E-state index contributed by atoms with van der Waals surface area (Å²) in [6.07, 6.45) is 8.08. The Balaban J connectivity index is 1.58. The van der Waals surface area contributed by atoms with Gasteiger partial charge >= 0.3 is 0 Å². The third-order valence-electron chi connectivity index (χ3n) is 8.12. The molecule has 0 aromatic heterocycles. The van der Waals surface area contributed by atoms with Crippen LogP contribution >= 0.6 is 0 Å². The lowest BCUT2D eigenvalue weighted by Crippen LogP contribution is -2.50. The molecule has 2 saturated carbocycles. The van der Waals surface area contributed by atoms with Crippen molar-refractivity contribution < 1.29 is 9.53 Å². The summed E-state index contributed by atoms with van der Waals surface area (Å²) >= 11 is 0. The molecule has 0 aliphatic heterocycles. The fourth-order valence-electron chi connectivity index (χ4n) is 6.85. The van der Waals surface area contributed by atoms with Crippen LogP contribution in [0.1, 0.15) is 76.3 Å². The maximum absolute atomic E-state index is 12.4. The molecule has 0 heterocycles. The molecular formula is C24H35NO2. The van der Waals surface area contributed by atoms with Gasteiger partial charge in [-0.1, -0.05) is 19.9 Å². The lowest BCUT2D eigenvalue weighted by Gasteiger charge is -2.52. The van der Waals surface area contributed by atoms with Gasteiger partial charge in [-0.25, -0.2) is 0 Å². The number of benzene rings is 1. The van der Waals surface area contributed by atoms with Gasteiger partial charge in [0.25, 0.3) is 0 Å². The molecule has 1 amide bonds. The largest absolute Gasteiger partial charge is 0.494 e. The van der Waals surface area contributed by atoms with Crippen LogP contribution in [0.2, 0.25) is 0 Å². The predicted octanol–water partition coefficient (Wildman–Crippen LogP) is 5.18. The van der Waals surface area contributed by atoms with Crippen molar-refractivity contribution in [2.75, 3.05) is 13.7 Å². The Hall–Kier alpha value is -1.51. The number of fused-ring (bicyclic) bond motifs is 5. The Kier molecular flexibility index (Phi) is 4.98. The van der Waals surface area contributed by atoms with Gasteiger partial charge in [0.2, 0.25) is 5.91 Å². The van der Waals surface area contributed by atoms with Crippen molar-refractivity contribution in [1.82, 2.24) is 4.90 Å². The topological polar surface area (TPSA) is 29.5 Å². The van der Waals surface area contributed by atoms with E-state index in [1.54, 1.807) is 5.56 Å². The Morgan fingerprint density at radius 2 is 2.04 bits per heavy atom. The van der Waals surface area contributed by atoms with E-state index < -0.39 is 0 Å². The first-order valence-corrected chi connectivity index (χ1v) is 11.0. The van der Waals surface area contributed by atoms with Crippen LogP contribution in [0.15, 0.2) is 18.2 Å². The summed E-state index contributed by atoms with van der Waals surface area (Å²) in [7, 11) is 2.04. The number of aryl methyl sites for hydroxylation is 1. The van der Waals surface area contributed by atoms with Crippen molar-refractivity contribution in [3.05, 3.63) is 29.3 Å². The van der Waals surface area contributed by atoms with E-state index in [2.05, 4.69) is 30.0 Å². The first-order chi connectivity index (χ1) is 13.0. The van der Waals surface area contributed by atoms with E-state index >= 15 is 0 Å². The number of rotatable bonds is 4. The Labute approximate surface area is 164 Å². The van der Waals surface area contributed by atoms with Crippen LogP contribution in [-0.4, -0.2) is 30.5 Å². The molecule has 0 saturated heterocycles. The van der Waals surface area contributed by atoms with Gasteiger partial charge < -0.3 is 9.64 Å².